The molecular weight excluding hydrogens is 973 g/mol. The van der Waals surface area contributed by atoms with Crippen LogP contribution >= 0.6 is 0 Å². The molecule has 0 bridgehead atoms. The van der Waals surface area contributed by atoms with Crippen molar-refractivity contribution in [1.29, 1.82) is 0 Å². The van der Waals surface area contributed by atoms with Gasteiger partial charge in [-0.2, -0.15) is 0 Å². The summed E-state index contributed by atoms with van der Waals surface area (Å²) in [5, 5.41) is 0. The van der Waals surface area contributed by atoms with Crippen LogP contribution in [0.25, 0.3) is 0 Å². The SMILES string of the molecule is CC/C=C\C/C=C\C/C=C\C/C=C\C/C=C\C/C=C\CCCCCCCCCCCCCCCCCCC(=O)OCC(COC(=O)CCCCCCC/C=C\CCCCCC)OC(=O)CCCCCCC/C=C\CCCCCC. The zero-order valence-electron chi connectivity index (χ0n) is 52.1. The Labute approximate surface area is 489 Å². The first kappa shape index (κ1) is 75.3. The van der Waals surface area contributed by atoms with Gasteiger partial charge in [0.05, 0.1) is 0 Å². The molecule has 0 radical (unpaired) electrons. The molecule has 0 saturated carbocycles. The summed E-state index contributed by atoms with van der Waals surface area (Å²) < 4.78 is 16.9. The molecule has 0 fully saturated rings. The Kier molecular flexibility index (Phi) is 63.7. The van der Waals surface area contributed by atoms with Gasteiger partial charge in [0.1, 0.15) is 13.2 Å². The van der Waals surface area contributed by atoms with Crippen LogP contribution in [0.3, 0.4) is 0 Å². The van der Waals surface area contributed by atoms with Gasteiger partial charge in [-0.3, -0.25) is 14.4 Å². The molecule has 0 aliphatic heterocycles. The van der Waals surface area contributed by atoms with Crippen molar-refractivity contribution in [3.63, 3.8) is 0 Å². The quantitative estimate of drug-likeness (QED) is 0.0261. The van der Waals surface area contributed by atoms with Gasteiger partial charge in [0.15, 0.2) is 6.10 Å². The predicted molar refractivity (Wildman–Crippen MR) is 344 cm³/mol. The molecule has 0 aliphatic rings. The number of esters is 3. The first-order chi connectivity index (χ1) is 39.0. The van der Waals surface area contributed by atoms with E-state index in [-0.39, 0.29) is 31.1 Å². The summed E-state index contributed by atoms with van der Waals surface area (Å²) in [5.41, 5.74) is 0. The normalized spacial score (nSPS) is 12.7. The minimum atomic E-state index is -0.783. The lowest BCUT2D eigenvalue weighted by molar-refractivity contribution is -0.167. The standard InChI is InChI=1S/C73H126O6/c1-4-7-10-13-16-19-22-25-26-27-28-29-30-31-32-33-34-35-36-37-38-39-40-41-42-43-44-45-46-49-51-54-57-60-63-66-72(75)78-69-70(79-73(76)67-64-61-58-55-52-48-24-21-18-15-12-9-6-3)68-77-71(74)65-62-59-56-53-50-47-23-20-17-14-11-8-5-2/h7,10,16,19-21,23-26,28-29,31-32,34-35,70H,4-6,8-9,11-15,17-18,22,27,30,33,36-69H2,1-3H3/b10-7-,19-16-,23-20-,24-21-,26-25-,29-28-,32-31-,35-34-. The molecule has 454 valence electrons. The topological polar surface area (TPSA) is 78.9 Å². The highest BCUT2D eigenvalue weighted by Gasteiger charge is 2.19. The average molecular weight is 1100 g/mol. The van der Waals surface area contributed by atoms with Crippen molar-refractivity contribution in [3.05, 3.63) is 97.2 Å². The van der Waals surface area contributed by atoms with Crippen LogP contribution in [0.2, 0.25) is 0 Å². The van der Waals surface area contributed by atoms with Crippen LogP contribution in [0.1, 0.15) is 329 Å². The second-order valence-corrected chi connectivity index (χ2v) is 22.3. The summed E-state index contributed by atoms with van der Waals surface area (Å²) >= 11 is 0. The van der Waals surface area contributed by atoms with E-state index in [2.05, 4.69) is 118 Å². The number of unbranched alkanes of at least 4 members (excludes halogenated alkanes) is 34. The lowest BCUT2D eigenvalue weighted by Gasteiger charge is -2.18. The van der Waals surface area contributed by atoms with Crippen LogP contribution in [-0.4, -0.2) is 37.2 Å². The Morgan fingerprint density at radius 3 is 0.785 bits per heavy atom. The zero-order chi connectivity index (χ0) is 57.1. The number of carbonyl (C=O) groups excluding carboxylic acids is 3. The van der Waals surface area contributed by atoms with Gasteiger partial charge in [-0.05, 0) is 122 Å². The lowest BCUT2D eigenvalue weighted by Crippen LogP contribution is -2.30. The van der Waals surface area contributed by atoms with Gasteiger partial charge < -0.3 is 14.2 Å². The number of hydrogen-bond acceptors (Lipinski definition) is 6. The van der Waals surface area contributed by atoms with Gasteiger partial charge in [-0.1, -0.05) is 285 Å². The summed E-state index contributed by atoms with van der Waals surface area (Å²) in [6.45, 7) is 6.51. The van der Waals surface area contributed by atoms with E-state index in [0.717, 1.165) is 116 Å². The van der Waals surface area contributed by atoms with Gasteiger partial charge >= 0.3 is 17.9 Å². The first-order valence-electron chi connectivity index (χ1n) is 33.7. The summed E-state index contributed by atoms with van der Waals surface area (Å²) in [6.07, 6.45) is 90.1. The predicted octanol–water partition coefficient (Wildman–Crippen LogP) is 23.2. The number of hydrogen-bond donors (Lipinski definition) is 0. The third kappa shape index (κ3) is 65.0. The van der Waals surface area contributed by atoms with Crippen LogP contribution in [-0.2, 0) is 28.6 Å². The second kappa shape index (κ2) is 66.8. The van der Waals surface area contributed by atoms with Gasteiger partial charge in [0.25, 0.3) is 0 Å². The average Bonchev–Trinajstić information content (AvgIpc) is 3.45. The fourth-order valence-electron chi connectivity index (χ4n) is 9.50. The molecule has 0 aromatic carbocycles. The molecule has 0 amide bonds. The summed E-state index contributed by atoms with van der Waals surface area (Å²) in [4.78, 5) is 38.2. The molecule has 1 atom stereocenters. The van der Waals surface area contributed by atoms with Crippen molar-refractivity contribution in [3.8, 4) is 0 Å². The third-order valence-electron chi connectivity index (χ3n) is 14.5. The van der Waals surface area contributed by atoms with Crippen molar-refractivity contribution in [1.82, 2.24) is 0 Å². The summed E-state index contributed by atoms with van der Waals surface area (Å²) in [5.74, 6) is -0.886. The first-order valence-corrected chi connectivity index (χ1v) is 33.7. The van der Waals surface area contributed by atoms with E-state index < -0.39 is 6.10 Å². The number of ether oxygens (including phenoxy) is 3. The van der Waals surface area contributed by atoms with Crippen molar-refractivity contribution in [2.75, 3.05) is 13.2 Å². The Balaban J connectivity index is 4.11. The maximum absolute atomic E-state index is 12.9. The van der Waals surface area contributed by atoms with Gasteiger partial charge in [0.2, 0.25) is 0 Å². The minimum Gasteiger partial charge on any atom is -0.462 e. The van der Waals surface area contributed by atoms with Crippen molar-refractivity contribution >= 4 is 17.9 Å². The zero-order valence-corrected chi connectivity index (χ0v) is 52.1. The Hall–Kier alpha value is -3.67. The van der Waals surface area contributed by atoms with E-state index in [0.29, 0.717) is 19.3 Å². The highest BCUT2D eigenvalue weighted by Crippen LogP contribution is 2.17. The lowest BCUT2D eigenvalue weighted by atomic mass is 10.0. The number of allylic oxidation sites excluding steroid dienone is 16. The van der Waals surface area contributed by atoms with Crippen LogP contribution in [0, 0.1) is 0 Å². The molecule has 0 N–H and O–H groups in total. The smallest absolute Gasteiger partial charge is 0.306 e. The van der Waals surface area contributed by atoms with Gasteiger partial charge in [0, 0.05) is 19.3 Å². The van der Waals surface area contributed by atoms with E-state index in [4.69, 9.17) is 14.2 Å². The highest BCUT2D eigenvalue weighted by molar-refractivity contribution is 5.71. The largest absolute Gasteiger partial charge is 0.462 e. The molecule has 0 aliphatic carbocycles. The van der Waals surface area contributed by atoms with Crippen LogP contribution < -0.4 is 0 Å². The van der Waals surface area contributed by atoms with Crippen molar-refractivity contribution in [2.45, 2.75) is 335 Å². The molecule has 0 saturated heterocycles. The summed E-state index contributed by atoms with van der Waals surface area (Å²) in [7, 11) is 0. The maximum Gasteiger partial charge on any atom is 0.306 e. The van der Waals surface area contributed by atoms with Crippen LogP contribution in [0.5, 0.6) is 0 Å². The monoisotopic (exact) mass is 1100 g/mol. The molecule has 79 heavy (non-hydrogen) atoms. The molecule has 0 rings (SSSR count). The molecule has 0 aromatic rings. The molecule has 0 spiro atoms. The van der Waals surface area contributed by atoms with Crippen molar-refractivity contribution < 1.29 is 28.6 Å². The summed E-state index contributed by atoms with van der Waals surface area (Å²) in [6, 6.07) is 0. The van der Waals surface area contributed by atoms with Crippen LogP contribution in [0.15, 0.2) is 97.2 Å². The highest BCUT2D eigenvalue weighted by atomic mass is 16.6. The fourth-order valence-corrected chi connectivity index (χ4v) is 9.50. The second-order valence-electron chi connectivity index (χ2n) is 22.3. The Bertz CT molecular complexity index is 1540. The third-order valence-corrected chi connectivity index (χ3v) is 14.5. The van der Waals surface area contributed by atoms with Gasteiger partial charge in [-0.25, -0.2) is 0 Å². The van der Waals surface area contributed by atoms with E-state index in [1.807, 2.05) is 0 Å². The maximum atomic E-state index is 12.9. The van der Waals surface area contributed by atoms with E-state index >= 15 is 0 Å². The molecular formula is C73H126O6. The van der Waals surface area contributed by atoms with E-state index in [9.17, 15) is 14.4 Å². The Morgan fingerprint density at radius 2 is 0.494 bits per heavy atom. The molecule has 0 heterocycles. The van der Waals surface area contributed by atoms with Crippen LogP contribution in [0.4, 0.5) is 0 Å². The molecule has 6 heteroatoms. The minimum absolute atomic E-state index is 0.0799. The van der Waals surface area contributed by atoms with Gasteiger partial charge in [-0.15, -0.1) is 0 Å². The van der Waals surface area contributed by atoms with E-state index in [1.54, 1.807) is 0 Å². The molecule has 1 unspecified atom stereocenters. The Morgan fingerprint density at radius 1 is 0.266 bits per heavy atom. The fraction of sp³-hybridized carbons (Fsp3) is 0.740. The molecule has 6 nitrogen and oxygen atoms in total. The number of rotatable bonds is 61. The molecule has 0 aromatic heterocycles. The van der Waals surface area contributed by atoms with E-state index in [1.165, 1.54) is 173 Å². The number of carbonyl (C=O) groups is 3. The van der Waals surface area contributed by atoms with Crippen molar-refractivity contribution in [2.24, 2.45) is 0 Å².